The second-order valence-electron chi connectivity index (χ2n) is 4.96. The fourth-order valence-corrected chi connectivity index (χ4v) is 1.97. The highest BCUT2D eigenvalue weighted by Gasteiger charge is 2.43. The number of ether oxygens (including phenoxy) is 1. The van der Waals surface area contributed by atoms with E-state index in [0.29, 0.717) is 31.7 Å². The van der Waals surface area contributed by atoms with Gasteiger partial charge in [-0.3, -0.25) is 0 Å². The van der Waals surface area contributed by atoms with Crippen LogP contribution in [0.2, 0.25) is 0 Å². The van der Waals surface area contributed by atoms with Gasteiger partial charge in [0.1, 0.15) is 11.6 Å². The zero-order valence-corrected chi connectivity index (χ0v) is 10.3. The van der Waals surface area contributed by atoms with E-state index in [1.165, 1.54) is 12.1 Å². The standard InChI is InChI=1S/C14H17FN2O/c15-12-7-11(1-5-16)8-13(9-12)18-10-14(2-3-14)4-6-17/h7-9H,1-5,10,16H2. The Balaban J connectivity index is 1.99. The van der Waals surface area contributed by atoms with Gasteiger partial charge in [-0.2, -0.15) is 5.26 Å². The van der Waals surface area contributed by atoms with E-state index in [2.05, 4.69) is 6.07 Å². The lowest BCUT2D eigenvalue weighted by molar-refractivity contribution is 0.236. The molecule has 18 heavy (non-hydrogen) atoms. The van der Waals surface area contributed by atoms with E-state index < -0.39 is 0 Å². The monoisotopic (exact) mass is 248 g/mol. The van der Waals surface area contributed by atoms with Crippen LogP contribution < -0.4 is 10.5 Å². The molecular weight excluding hydrogens is 231 g/mol. The van der Waals surface area contributed by atoms with E-state index in [1.807, 2.05) is 6.07 Å². The molecule has 1 aliphatic rings. The molecule has 3 nitrogen and oxygen atoms in total. The van der Waals surface area contributed by atoms with Crippen molar-refractivity contribution >= 4 is 0 Å². The molecule has 4 heteroatoms. The highest BCUT2D eigenvalue weighted by Crippen LogP contribution is 2.48. The summed E-state index contributed by atoms with van der Waals surface area (Å²) < 4.78 is 19.0. The quantitative estimate of drug-likeness (QED) is 0.841. The Morgan fingerprint density at radius 1 is 1.39 bits per heavy atom. The first-order valence-corrected chi connectivity index (χ1v) is 6.17. The summed E-state index contributed by atoms with van der Waals surface area (Å²) in [5.74, 6) is 0.226. The summed E-state index contributed by atoms with van der Waals surface area (Å²) in [6.07, 6.45) is 3.19. The number of nitriles is 1. The molecule has 0 spiro atoms. The number of nitrogens with zero attached hydrogens (tertiary/aromatic N) is 1. The van der Waals surface area contributed by atoms with Crippen LogP contribution in [-0.2, 0) is 6.42 Å². The predicted molar refractivity (Wildman–Crippen MR) is 66.6 cm³/mol. The Bertz CT molecular complexity index is 463. The van der Waals surface area contributed by atoms with Gasteiger partial charge in [0.15, 0.2) is 0 Å². The van der Waals surface area contributed by atoms with Crippen molar-refractivity contribution in [3.05, 3.63) is 29.6 Å². The highest BCUT2D eigenvalue weighted by atomic mass is 19.1. The minimum atomic E-state index is -0.305. The first-order valence-electron chi connectivity index (χ1n) is 6.17. The fraction of sp³-hybridized carbons (Fsp3) is 0.500. The second kappa shape index (κ2) is 5.36. The van der Waals surface area contributed by atoms with E-state index in [9.17, 15) is 4.39 Å². The molecule has 2 N–H and O–H groups in total. The van der Waals surface area contributed by atoms with Crippen LogP contribution in [0, 0.1) is 22.6 Å². The molecule has 1 saturated carbocycles. The maximum atomic E-state index is 13.4. The molecule has 1 aromatic rings. The lowest BCUT2D eigenvalue weighted by Crippen LogP contribution is -2.12. The number of rotatable bonds is 6. The van der Waals surface area contributed by atoms with Crippen molar-refractivity contribution in [2.45, 2.75) is 25.7 Å². The Kier molecular flexibility index (Phi) is 3.83. The third-order valence-electron chi connectivity index (χ3n) is 3.32. The lowest BCUT2D eigenvalue weighted by Gasteiger charge is -2.13. The summed E-state index contributed by atoms with van der Waals surface area (Å²) in [6, 6.07) is 6.85. The van der Waals surface area contributed by atoms with E-state index in [1.54, 1.807) is 0 Å². The van der Waals surface area contributed by atoms with Crippen LogP contribution in [0.3, 0.4) is 0 Å². The summed E-state index contributed by atoms with van der Waals surface area (Å²) in [4.78, 5) is 0. The summed E-state index contributed by atoms with van der Waals surface area (Å²) in [5.41, 5.74) is 6.31. The fourth-order valence-electron chi connectivity index (χ4n) is 1.97. The number of benzene rings is 1. The van der Waals surface area contributed by atoms with Crippen LogP contribution in [-0.4, -0.2) is 13.2 Å². The molecular formula is C14H17FN2O. The molecule has 0 amide bonds. The number of halogens is 1. The van der Waals surface area contributed by atoms with Crippen LogP contribution in [0.15, 0.2) is 18.2 Å². The Morgan fingerprint density at radius 3 is 2.78 bits per heavy atom. The van der Waals surface area contributed by atoms with Crippen LogP contribution in [0.25, 0.3) is 0 Å². The van der Waals surface area contributed by atoms with Crippen LogP contribution in [0.1, 0.15) is 24.8 Å². The van der Waals surface area contributed by atoms with Gasteiger partial charge in [-0.15, -0.1) is 0 Å². The summed E-state index contributed by atoms with van der Waals surface area (Å²) >= 11 is 0. The number of hydrogen-bond acceptors (Lipinski definition) is 3. The summed E-state index contributed by atoms with van der Waals surface area (Å²) in [7, 11) is 0. The van der Waals surface area contributed by atoms with Gasteiger partial charge in [0.2, 0.25) is 0 Å². The molecule has 0 heterocycles. The Morgan fingerprint density at radius 2 is 2.17 bits per heavy atom. The Hall–Kier alpha value is -1.60. The molecule has 0 radical (unpaired) electrons. The number of nitrogens with two attached hydrogens (primary N) is 1. The zero-order chi connectivity index (χ0) is 13.0. The molecule has 96 valence electrons. The third kappa shape index (κ3) is 3.21. The minimum absolute atomic E-state index is 0.00903. The zero-order valence-electron chi connectivity index (χ0n) is 10.3. The van der Waals surface area contributed by atoms with Crippen molar-refractivity contribution in [1.82, 2.24) is 0 Å². The summed E-state index contributed by atoms with van der Waals surface area (Å²) in [6.45, 7) is 0.980. The molecule has 0 aromatic heterocycles. The van der Waals surface area contributed by atoms with Gasteiger partial charge >= 0.3 is 0 Å². The molecule has 0 aliphatic heterocycles. The van der Waals surface area contributed by atoms with E-state index in [4.69, 9.17) is 15.7 Å². The minimum Gasteiger partial charge on any atom is -0.493 e. The van der Waals surface area contributed by atoms with E-state index in [0.717, 1.165) is 18.4 Å². The lowest BCUT2D eigenvalue weighted by atomic mass is 10.1. The smallest absolute Gasteiger partial charge is 0.127 e. The Labute approximate surface area is 106 Å². The first kappa shape index (κ1) is 12.8. The van der Waals surface area contributed by atoms with Crippen molar-refractivity contribution in [3.63, 3.8) is 0 Å². The molecule has 0 atom stereocenters. The van der Waals surface area contributed by atoms with Gasteiger partial charge in [0.05, 0.1) is 12.7 Å². The topological polar surface area (TPSA) is 59.0 Å². The van der Waals surface area contributed by atoms with Gasteiger partial charge in [-0.25, -0.2) is 4.39 Å². The third-order valence-corrected chi connectivity index (χ3v) is 3.32. The highest BCUT2D eigenvalue weighted by molar-refractivity contribution is 5.30. The van der Waals surface area contributed by atoms with Crippen molar-refractivity contribution in [1.29, 1.82) is 5.26 Å². The average molecular weight is 248 g/mol. The molecule has 1 aliphatic carbocycles. The molecule has 0 bridgehead atoms. The van der Waals surface area contributed by atoms with Crippen LogP contribution >= 0.6 is 0 Å². The molecule has 0 saturated heterocycles. The summed E-state index contributed by atoms with van der Waals surface area (Å²) in [5, 5.41) is 8.72. The van der Waals surface area contributed by atoms with E-state index in [-0.39, 0.29) is 11.2 Å². The van der Waals surface area contributed by atoms with Crippen molar-refractivity contribution in [2.75, 3.05) is 13.2 Å². The van der Waals surface area contributed by atoms with Gasteiger partial charge in [-0.05, 0) is 43.5 Å². The largest absolute Gasteiger partial charge is 0.493 e. The molecule has 1 aromatic carbocycles. The molecule has 2 rings (SSSR count). The predicted octanol–water partition coefficient (Wildman–Crippen LogP) is 2.40. The van der Waals surface area contributed by atoms with Gasteiger partial charge in [0, 0.05) is 17.9 Å². The average Bonchev–Trinajstić information content (AvgIpc) is 3.07. The normalized spacial score (nSPS) is 16.1. The SMILES string of the molecule is N#CCC1(COc2cc(F)cc(CCN)c2)CC1. The van der Waals surface area contributed by atoms with Gasteiger partial charge in [-0.1, -0.05) is 0 Å². The maximum Gasteiger partial charge on any atom is 0.127 e. The van der Waals surface area contributed by atoms with Crippen LogP contribution in [0.4, 0.5) is 4.39 Å². The van der Waals surface area contributed by atoms with Crippen molar-refractivity contribution in [3.8, 4) is 11.8 Å². The van der Waals surface area contributed by atoms with E-state index >= 15 is 0 Å². The first-order chi connectivity index (χ1) is 8.67. The van der Waals surface area contributed by atoms with Crippen LogP contribution in [0.5, 0.6) is 5.75 Å². The second-order valence-corrected chi connectivity index (χ2v) is 4.96. The molecule has 0 unspecified atom stereocenters. The van der Waals surface area contributed by atoms with Gasteiger partial charge in [0.25, 0.3) is 0 Å². The number of hydrogen-bond donors (Lipinski definition) is 1. The van der Waals surface area contributed by atoms with Crippen molar-refractivity contribution < 1.29 is 9.13 Å². The maximum absolute atomic E-state index is 13.4. The van der Waals surface area contributed by atoms with Gasteiger partial charge < -0.3 is 10.5 Å². The van der Waals surface area contributed by atoms with Crippen molar-refractivity contribution in [2.24, 2.45) is 11.1 Å². The molecule has 1 fully saturated rings.